The summed E-state index contributed by atoms with van der Waals surface area (Å²) in [6.45, 7) is 1.62. The fourth-order valence-electron chi connectivity index (χ4n) is 2.92. The molecule has 3 N–H and O–H groups in total. The van der Waals surface area contributed by atoms with E-state index >= 15 is 0 Å². The second-order valence-electron chi connectivity index (χ2n) is 6.08. The van der Waals surface area contributed by atoms with E-state index in [1.807, 2.05) is 0 Å². The molecular formula is C19H21FN2O2. The summed E-state index contributed by atoms with van der Waals surface area (Å²) in [5, 5.41) is 15.3. The number of halogens is 1. The first-order valence-corrected chi connectivity index (χ1v) is 8.21. The second-order valence-corrected chi connectivity index (χ2v) is 6.08. The molecule has 0 saturated carbocycles. The van der Waals surface area contributed by atoms with Crippen LogP contribution >= 0.6 is 0 Å². The van der Waals surface area contributed by atoms with Crippen molar-refractivity contribution < 1.29 is 14.3 Å². The summed E-state index contributed by atoms with van der Waals surface area (Å²) in [7, 11) is 0. The van der Waals surface area contributed by atoms with E-state index in [4.69, 9.17) is 5.11 Å². The summed E-state index contributed by atoms with van der Waals surface area (Å²) >= 11 is 0. The van der Waals surface area contributed by atoms with E-state index in [-0.39, 0.29) is 18.7 Å². The quantitative estimate of drug-likeness (QED) is 0.754. The third-order valence-corrected chi connectivity index (χ3v) is 4.27. The molecule has 24 heavy (non-hydrogen) atoms. The smallest absolute Gasteiger partial charge is 0.303 e. The average Bonchev–Trinajstić information content (AvgIpc) is 2.59. The molecule has 0 atom stereocenters. The van der Waals surface area contributed by atoms with E-state index in [1.54, 1.807) is 12.1 Å². The lowest BCUT2D eigenvalue weighted by Gasteiger charge is -2.19. The molecule has 0 aromatic heterocycles. The molecule has 0 amide bonds. The number of aryl methyl sites for hydroxylation is 2. The number of anilines is 2. The topological polar surface area (TPSA) is 61.4 Å². The van der Waals surface area contributed by atoms with E-state index in [9.17, 15) is 9.18 Å². The van der Waals surface area contributed by atoms with Crippen molar-refractivity contribution in [1.29, 1.82) is 0 Å². The first kappa shape index (κ1) is 16.3. The largest absolute Gasteiger partial charge is 0.481 e. The molecule has 0 unspecified atom stereocenters. The van der Waals surface area contributed by atoms with Gasteiger partial charge in [-0.2, -0.15) is 0 Å². The Morgan fingerprint density at radius 2 is 2.12 bits per heavy atom. The predicted octanol–water partition coefficient (Wildman–Crippen LogP) is 3.81. The fourth-order valence-corrected chi connectivity index (χ4v) is 2.92. The summed E-state index contributed by atoms with van der Waals surface area (Å²) < 4.78 is 14.0. The fraction of sp³-hybridized carbons (Fsp3) is 0.316. The Morgan fingerprint density at radius 1 is 1.25 bits per heavy atom. The number of hydrogen-bond donors (Lipinski definition) is 3. The van der Waals surface area contributed by atoms with Gasteiger partial charge in [0.25, 0.3) is 0 Å². The van der Waals surface area contributed by atoms with Crippen LogP contribution in [0, 0.1) is 5.82 Å². The second kappa shape index (κ2) is 7.34. The van der Waals surface area contributed by atoms with E-state index in [0.29, 0.717) is 17.8 Å². The molecule has 0 fully saturated rings. The SMILES string of the molecule is O=C(O)CCc1ccc(NCc2ccc3c(c2)NCCC3)cc1F. The van der Waals surface area contributed by atoms with Crippen molar-refractivity contribution in [2.24, 2.45) is 0 Å². The van der Waals surface area contributed by atoms with Crippen LogP contribution in [0.4, 0.5) is 15.8 Å². The predicted molar refractivity (Wildman–Crippen MR) is 92.9 cm³/mol. The van der Waals surface area contributed by atoms with E-state index in [1.165, 1.54) is 17.3 Å². The van der Waals surface area contributed by atoms with Gasteiger partial charge in [-0.3, -0.25) is 4.79 Å². The third-order valence-electron chi connectivity index (χ3n) is 4.27. The maximum absolute atomic E-state index is 14.0. The van der Waals surface area contributed by atoms with Gasteiger partial charge in [0, 0.05) is 30.9 Å². The van der Waals surface area contributed by atoms with Gasteiger partial charge in [-0.05, 0) is 54.2 Å². The average molecular weight is 328 g/mol. The number of fused-ring (bicyclic) bond motifs is 1. The van der Waals surface area contributed by atoms with Crippen molar-refractivity contribution in [3.8, 4) is 0 Å². The number of benzene rings is 2. The summed E-state index contributed by atoms with van der Waals surface area (Å²) in [6, 6.07) is 11.2. The third kappa shape index (κ3) is 4.04. The molecule has 0 spiro atoms. The minimum absolute atomic E-state index is 0.0637. The molecule has 0 radical (unpaired) electrons. The van der Waals surface area contributed by atoms with Crippen LogP contribution in [0.5, 0.6) is 0 Å². The van der Waals surface area contributed by atoms with E-state index in [0.717, 1.165) is 24.9 Å². The van der Waals surface area contributed by atoms with Crippen LogP contribution in [0.15, 0.2) is 36.4 Å². The molecule has 0 bridgehead atoms. The van der Waals surface area contributed by atoms with Gasteiger partial charge in [-0.1, -0.05) is 18.2 Å². The first-order chi connectivity index (χ1) is 11.6. The van der Waals surface area contributed by atoms with Gasteiger partial charge in [-0.15, -0.1) is 0 Å². The molecule has 2 aromatic carbocycles. The van der Waals surface area contributed by atoms with Crippen LogP contribution in [-0.2, 0) is 24.2 Å². The Bertz CT molecular complexity index is 746. The zero-order chi connectivity index (χ0) is 16.9. The minimum Gasteiger partial charge on any atom is -0.481 e. The van der Waals surface area contributed by atoms with Crippen molar-refractivity contribution in [2.45, 2.75) is 32.2 Å². The highest BCUT2D eigenvalue weighted by Crippen LogP contribution is 2.24. The van der Waals surface area contributed by atoms with E-state index in [2.05, 4.69) is 28.8 Å². The molecule has 5 heteroatoms. The summed E-state index contributed by atoms with van der Waals surface area (Å²) in [4.78, 5) is 10.6. The number of carboxylic acids is 1. The summed E-state index contributed by atoms with van der Waals surface area (Å²) in [5.74, 6) is -1.29. The van der Waals surface area contributed by atoms with Crippen molar-refractivity contribution in [3.05, 3.63) is 58.9 Å². The van der Waals surface area contributed by atoms with Crippen LogP contribution in [0.1, 0.15) is 29.5 Å². The lowest BCUT2D eigenvalue weighted by Crippen LogP contribution is -2.12. The van der Waals surface area contributed by atoms with Crippen LogP contribution in [0.2, 0.25) is 0 Å². The van der Waals surface area contributed by atoms with Crippen LogP contribution in [0.25, 0.3) is 0 Å². The maximum atomic E-state index is 14.0. The lowest BCUT2D eigenvalue weighted by molar-refractivity contribution is -0.136. The maximum Gasteiger partial charge on any atom is 0.303 e. The first-order valence-electron chi connectivity index (χ1n) is 8.21. The van der Waals surface area contributed by atoms with Gasteiger partial charge >= 0.3 is 5.97 Å². The van der Waals surface area contributed by atoms with Gasteiger partial charge in [0.1, 0.15) is 5.82 Å². The monoisotopic (exact) mass is 328 g/mol. The van der Waals surface area contributed by atoms with Gasteiger partial charge in [0.2, 0.25) is 0 Å². The van der Waals surface area contributed by atoms with Crippen molar-refractivity contribution in [1.82, 2.24) is 0 Å². The molecule has 126 valence electrons. The Kier molecular flexibility index (Phi) is 4.99. The summed E-state index contributed by atoms with van der Waals surface area (Å²) in [6.07, 6.45) is 2.42. The molecule has 0 aliphatic carbocycles. The molecule has 1 aliphatic rings. The van der Waals surface area contributed by atoms with Gasteiger partial charge in [0.15, 0.2) is 0 Å². The highest BCUT2D eigenvalue weighted by atomic mass is 19.1. The number of carbonyl (C=O) groups is 1. The molecule has 1 aliphatic heterocycles. The molecule has 3 rings (SSSR count). The van der Waals surface area contributed by atoms with Crippen molar-refractivity contribution in [2.75, 3.05) is 17.2 Å². The minimum atomic E-state index is -0.919. The Balaban J connectivity index is 1.62. The number of carboxylic acid groups (broad SMARTS) is 1. The molecule has 0 saturated heterocycles. The van der Waals surface area contributed by atoms with Crippen LogP contribution in [0.3, 0.4) is 0 Å². The molecule has 2 aromatic rings. The highest BCUT2D eigenvalue weighted by Gasteiger charge is 2.09. The van der Waals surface area contributed by atoms with Gasteiger partial charge < -0.3 is 15.7 Å². The van der Waals surface area contributed by atoms with E-state index < -0.39 is 5.97 Å². The Labute approximate surface area is 140 Å². The zero-order valence-electron chi connectivity index (χ0n) is 13.4. The number of hydrogen-bond acceptors (Lipinski definition) is 3. The van der Waals surface area contributed by atoms with Crippen molar-refractivity contribution >= 4 is 17.3 Å². The number of rotatable bonds is 6. The zero-order valence-corrected chi connectivity index (χ0v) is 13.4. The van der Waals surface area contributed by atoms with Gasteiger partial charge in [-0.25, -0.2) is 4.39 Å². The lowest BCUT2D eigenvalue weighted by atomic mass is 10.0. The number of nitrogens with one attached hydrogen (secondary N) is 2. The summed E-state index contributed by atoms with van der Waals surface area (Å²) in [5.41, 5.74) is 4.80. The van der Waals surface area contributed by atoms with Gasteiger partial charge in [0.05, 0.1) is 0 Å². The van der Waals surface area contributed by atoms with Crippen LogP contribution in [-0.4, -0.2) is 17.6 Å². The molecule has 4 nitrogen and oxygen atoms in total. The Morgan fingerprint density at radius 3 is 2.92 bits per heavy atom. The molecule has 1 heterocycles. The van der Waals surface area contributed by atoms with Crippen molar-refractivity contribution in [3.63, 3.8) is 0 Å². The highest BCUT2D eigenvalue weighted by molar-refractivity contribution is 5.67. The standard InChI is InChI=1S/C19H21FN2O2/c20-17-11-16(7-5-14(17)6-8-19(23)24)22-12-13-3-4-15-2-1-9-21-18(15)10-13/h3-5,7,10-11,21-22H,1-2,6,8-9,12H2,(H,23,24). The Hall–Kier alpha value is -2.56. The number of aliphatic carboxylic acids is 1. The van der Waals surface area contributed by atoms with Crippen LogP contribution < -0.4 is 10.6 Å². The normalized spacial score (nSPS) is 13.0. The molecular weight excluding hydrogens is 307 g/mol.